The van der Waals surface area contributed by atoms with Gasteiger partial charge < -0.3 is 4.42 Å². The zero-order valence-electron chi connectivity index (χ0n) is 18.9. The average molecular weight is 399 g/mol. The van der Waals surface area contributed by atoms with Gasteiger partial charge in [-0.15, -0.1) is 0 Å². The molecule has 4 aromatic rings. The van der Waals surface area contributed by atoms with Crippen LogP contribution in [0.15, 0.2) is 47.0 Å². The normalized spacial score (nSPS) is 14.4. The molecule has 0 saturated heterocycles. The van der Waals surface area contributed by atoms with Crippen molar-refractivity contribution in [2.24, 2.45) is 12.5 Å². The van der Waals surface area contributed by atoms with Crippen molar-refractivity contribution in [3.05, 3.63) is 64.8 Å². The molecule has 2 aromatic carbocycles. The first-order valence-electron chi connectivity index (χ1n) is 11.3. The summed E-state index contributed by atoms with van der Waals surface area (Å²) in [6, 6.07) is 13.8. The van der Waals surface area contributed by atoms with Crippen molar-refractivity contribution in [1.82, 2.24) is 0 Å². The van der Waals surface area contributed by atoms with Gasteiger partial charge in [-0.25, -0.2) is 4.57 Å². The molecule has 0 N–H and O–H groups in total. The molecular formula is C28H32NO+. The lowest BCUT2D eigenvalue weighted by atomic mass is 9.87. The second-order valence-electron chi connectivity index (χ2n) is 10.3. The maximum Gasteiger partial charge on any atom is 0.216 e. The van der Waals surface area contributed by atoms with E-state index in [-0.39, 0.29) is 5.41 Å². The van der Waals surface area contributed by atoms with E-state index in [9.17, 15) is 0 Å². The number of rotatable bonds is 2. The molecular weight excluding hydrogens is 366 g/mol. The van der Waals surface area contributed by atoms with Crippen molar-refractivity contribution in [2.75, 3.05) is 0 Å². The molecule has 1 aliphatic carbocycles. The zero-order chi connectivity index (χ0) is 21.0. The predicted octanol–water partition coefficient (Wildman–Crippen LogP) is 6.85. The van der Waals surface area contributed by atoms with E-state index in [0.29, 0.717) is 0 Å². The summed E-state index contributed by atoms with van der Waals surface area (Å²) in [7, 11) is 2.13. The van der Waals surface area contributed by atoms with Crippen molar-refractivity contribution in [2.45, 2.75) is 59.8 Å². The van der Waals surface area contributed by atoms with Crippen LogP contribution in [0.2, 0.25) is 0 Å². The second kappa shape index (κ2) is 6.97. The summed E-state index contributed by atoms with van der Waals surface area (Å²) in [6.07, 6.45) is 8.21. The maximum atomic E-state index is 6.57. The third-order valence-electron chi connectivity index (χ3n) is 6.52. The standard InChI is InChI=1S/C28H32NO/c1-18-10-11-22-23-15-20-8-6-7-9-21(20)16-25(23)30-27(22)26(18)24-14-19(12-13-29(24)5)17-28(2,3)4/h10-16H,6-9,17H2,1-5H3/q+1. The Morgan fingerprint density at radius 1 is 0.933 bits per heavy atom. The molecule has 0 atom stereocenters. The highest BCUT2D eigenvalue weighted by atomic mass is 16.3. The molecule has 0 radical (unpaired) electrons. The Kier molecular flexibility index (Phi) is 4.50. The fourth-order valence-corrected chi connectivity index (χ4v) is 5.07. The smallest absolute Gasteiger partial charge is 0.216 e. The van der Waals surface area contributed by atoms with Crippen LogP contribution in [0, 0.1) is 12.3 Å². The van der Waals surface area contributed by atoms with Crippen molar-refractivity contribution in [1.29, 1.82) is 0 Å². The van der Waals surface area contributed by atoms with Crippen LogP contribution in [-0.4, -0.2) is 0 Å². The first kappa shape index (κ1) is 19.4. The summed E-state index contributed by atoms with van der Waals surface area (Å²) in [5, 5.41) is 2.50. The molecule has 30 heavy (non-hydrogen) atoms. The molecule has 0 spiro atoms. The van der Waals surface area contributed by atoms with Gasteiger partial charge in [-0.2, -0.15) is 0 Å². The number of hydrogen-bond donors (Lipinski definition) is 0. The molecule has 5 rings (SSSR count). The van der Waals surface area contributed by atoms with Crippen LogP contribution in [0.4, 0.5) is 0 Å². The highest BCUT2D eigenvalue weighted by molar-refractivity contribution is 6.10. The fraction of sp³-hybridized carbons (Fsp3) is 0.393. The van der Waals surface area contributed by atoms with Crippen LogP contribution >= 0.6 is 0 Å². The number of nitrogens with zero attached hydrogens (tertiary/aromatic N) is 1. The Morgan fingerprint density at radius 2 is 1.67 bits per heavy atom. The Labute approximate surface area is 179 Å². The zero-order valence-corrected chi connectivity index (χ0v) is 18.9. The molecule has 154 valence electrons. The first-order chi connectivity index (χ1) is 14.3. The van der Waals surface area contributed by atoms with E-state index in [1.807, 2.05) is 0 Å². The summed E-state index contributed by atoms with van der Waals surface area (Å²) in [4.78, 5) is 0. The third-order valence-corrected chi connectivity index (χ3v) is 6.52. The van der Waals surface area contributed by atoms with Crippen LogP contribution < -0.4 is 4.57 Å². The Morgan fingerprint density at radius 3 is 2.40 bits per heavy atom. The summed E-state index contributed by atoms with van der Waals surface area (Å²) in [5.41, 5.74) is 10.4. The molecule has 2 aromatic heterocycles. The Bertz CT molecular complexity index is 1270. The first-order valence-corrected chi connectivity index (χ1v) is 11.3. The van der Waals surface area contributed by atoms with Crippen LogP contribution in [0.3, 0.4) is 0 Å². The lowest BCUT2D eigenvalue weighted by Gasteiger charge is -2.18. The predicted molar refractivity (Wildman–Crippen MR) is 125 cm³/mol. The quantitative estimate of drug-likeness (QED) is 0.337. The molecule has 2 nitrogen and oxygen atoms in total. The maximum absolute atomic E-state index is 6.57. The molecule has 0 fully saturated rings. The summed E-state index contributed by atoms with van der Waals surface area (Å²) >= 11 is 0. The van der Waals surface area contributed by atoms with E-state index >= 15 is 0 Å². The van der Waals surface area contributed by atoms with Gasteiger partial charge in [-0.1, -0.05) is 32.9 Å². The molecule has 1 aliphatic rings. The average Bonchev–Trinajstić information content (AvgIpc) is 3.04. The van der Waals surface area contributed by atoms with Gasteiger partial charge in [0.25, 0.3) is 0 Å². The van der Waals surface area contributed by atoms with E-state index in [0.717, 1.165) is 17.6 Å². The van der Waals surface area contributed by atoms with Crippen LogP contribution in [0.1, 0.15) is 55.9 Å². The molecule has 2 heterocycles. The van der Waals surface area contributed by atoms with Crippen molar-refractivity contribution in [3.63, 3.8) is 0 Å². The molecule has 0 unspecified atom stereocenters. The lowest BCUT2D eigenvalue weighted by Crippen LogP contribution is -2.31. The Balaban J connectivity index is 1.75. The fourth-order valence-electron chi connectivity index (χ4n) is 5.07. The minimum Gasteiger partial charge on any atom is -0.455 e. The van der Waals surface area contributed by atoms with E-state index in [4.69, 9.17) is 4.42 Å². The number of aryl methyl sites for hydroxylation is 4. The summed E-state index contributed by atoms with van der Waals surface area (Å²) < 4.78 is 8.80. The highest BCUT2D eigenvalue weighted by Crippen LogP contribution is 2.39. The van der Waals surface area contributed by atoms with E-state index in [2.05, 4.69) is 81.9 Å². The number of fused-ring (bicyclic) bond motifs is 4. The number of aromatic nitrogens is 1. The number of hydrogen-bond acceptors (Lipinski definition) is 1. The minimum absolute atomic E-state index is 0.261. The van der Waals surface area contributed by atoms with Gasteiger partial charge >= 0.3 is 0 Å². The van der Waals surface area contributed by atoms with Gasteiger partial charge in [0.1, 0.15) is 18.2 Å². The van der Waals surface area contributed by atoms with E-state index in [1.165, 1.54) is 70.0 Å². The Hall–Kier alpha value is -2.61. The van der Waals surface area contributed by atoms with Crippen molar-refractivity contribution >= 4 is 21.9 Å². The third kappa shape index (κ3) is 3.33. The number of furan rings is 1. The van der Waals surface area contributed by atoms with Crippen molar-refractivity contribution in [3.8, 4) is 11.3 Å². The van der Waals surface area contributed by atoms with E-state index < -0.39 is 0 Å². The van der Waals surface area contributed by atoms with Crippen LogP contribution in [0.5, 0.6) is 0 Å². The van der Waals surface area contributed by atoms with Gasteiger partial charge in [0, 0.05) is 22.9 Å². The lowest BCUT2D eigenvalue weighted by molar-refractivity contribution is -0.660. The summed E-state index contributed by atoms with van der Waals surface area (Å²) in [6.45, 7) is 9.09. The largest absolute Gasteiger partial charge is 0.455 e. The summed E-state index contributed by atoms with van der Waals surface area (Å²) in [5.74, 6) is 0. The van der Waals surface area contributed by atoms with Crippen LogP contribution in [0.25, 0.3) is 33.2 Å². The van der Waals surface area contributed by atoms with Gasteiger partial charge in [-0.3, -0.25) is 0 Å². The molecule has 0 bridgehead atoms. The van der Waals surface area contributed by atoms with Crippen LogP contribution in [-0.2, 0) is 26.3 Å². The second-order valence-corrected chi connectivity index (χ2v) is 10.3. The number of benzene rings is 2. The molecule has 0 aliphatic heterocycles. The topological polar surface area (TPSA) is 17.0 Å². The van der Waals surface area contributed by atoms with Gasteiger partial charge in [0.2, 0.25) is 5.69 Å². The van der Waals surface area contributed by atoms with Gasteiger partial charge in [0.05, 0.1) is 5.56 Å². The SMILES string of the molecule is Cc1ccc2c(oc3cc4c(cc32)CCCC4)c1-c1cc(CC(C)(C)C)cc[n+]1C. The number of pyridine rings is 1. The van der Waals surface area contributed by atoms with E-state index in [1.54, 1.807) is 0 Å². The molecule has 0 amide bonds. The monoisotopic (exact) mass is 398 g/mol. The van der Waals surface area contributed by atoms with Gasteiger partial charge in [-0.05, 0) is 78.8 Å². The van der Waals surface area contributed by atoms with Gasteiger partial charge in [0.15, 0.2) is 6.20 Å². The molecule has 0 saturated carbocycles. The molecule has 2 heteroatoms. The van der Waals surface area contributed by atoms with Crippen molar-refractivity contribution < 1.29 is 8.98 Å². The minimum atomic E-state index is 0.261. The highest BCUT2D eigenvalue weighted by Gasteiger charge is 2.23.